The third-order valence-electron chi connectivity index (χ3n) is 3.36. The number of hydrogen-bond donors (Lipinski definition) is 1. The third-order valence-corrected chi connectivity index (χ3v) is 3.36. The Hall–Kier alpha value is -2.53. The van der Waals surface area contributed by atoms with Crippen LogP contribution in [0.2, 0.25) is 0 Å². The van der Waals surface area contributed by atoms with Gasteiger partial charge in [0.25, 0.3) is 0 Å². The molecule has 0 spiro atoms. The molecule has 0 heterocycles. The van der Waals surface area contributed by atoms with Crippen LogP contribution < -0.4 is 10.5 Å². The number of primary amides is 1. The van der Waals surface area contributed by atoms with E-state index in [0.29, 0.717) is 5.75 Å². The van der Waals surface area contributed by atoms with Crippen molar-refractivity contribution in [3.05, 3.63) is 29.8 Å². The quantitative estimate of drug-likeness (QED) is 0.850. The van der Waals surface area contributed by atoms with E-state index in [-0.39, 0.29) is 0 Å². The number of nitrogens with two attached hydrogens (primary N) is 1. The lowest BCUT2D eigenvalue weighted by atomic mass is 10.0. The van der Waals surface area contributed by atoms with Crippen molar-refractivity contribution in [2.75, 3.05) is 7.11 Å². The first-order valence-electron chi connectivity index (χ1n) is 5.36. The number of carbonyl (C=O) groups excluding carboxylic acids is 1. The topological polar surface area (TPSA) is 99.9 Å². The lowest BCUT2D eigenvalue weighted by molar-refractivity contribution is -0.119. The summed E-state index contributed by atoms with van der Waals surface area (Å²) < 4.78 is 5.03. The summed E-state index contributed by atoms with van der Waals surface area (Å²) in [6, 6.07) is 10.8. The largest absolute Gasteiger partial charge is 0.497 e. The van der Waals surface area contributed by atoms with Gasteiger partial charge in [0.1, 0.15) is 5.75 Å². The van der Waals surface area contributed by atoms with Gasteiger partial charge in [-0.25, -0.2) is 0 Å². The van der Waals surface area contributed by atoms with Crippen LogP contribution in [0, 0.1) is 34.0 Å². The first-order chi connectivity index (χ1) is 8.60. The predicted octanol–water partition coefficient (Wildman–Crippen LogP) is 0.927. The molecule has 5 heteroatoms. The fraction of sp³-hybridized carbons (Fsp3) is 0.308. The lowest BCUT2D eigenvalue weighted by Gasteiger charge is -2.02. The van der Waals surface area contributed by atoms with Gasteiger partial charge in [0.15, 0.2) is 5.41 Å². The molecule has 0 radical (unpaired) electrons. The second-order valence-corrected chi connectivity index (χ2v) is 4.22. The lowest BCUT2D eigenvalue weighted by Crippen LogP contribution is -2.17. The molecule has 1 aliphatic carbocycles. The SMILES string of the molecule is COc1ccc([C@H]2[C@@H](C(N)=O)C2(C#N)C#N)cc1. The highest BCUT2D eigenvalue weighted by molar-refractivity contribution is 5.85. The Morgan fingerprint density at radius 2 is 1.89 bits per heavy atom. The van der Waals surface area contributed by atoms with Crippen LogP contribution in [0.15, 0.2) is 24.3 Å². The summed E-state index contributed by atoms with van der Waals surface area (Å²) in [5.41, 5.74) is 4.68. The van der Waals surface area contributed by atoms with Crippen LogP contribution in [-0.4, -0.2) is 13.0 Å². The molecule has 2 rings (SSSR count). The molecule has 1 amide bonds. The molecule has 0 aliphatic heterocycles. The van der Waals surface area contributed by atoms with Crippen molar-refractivity contribution in [2.24, 2.45) is 17.1 Å². The van der Waals surface area contributed by atoms with Crippen LogP contribution >= 0.6 is 0 Å². The second-order valence-electron chi connectivity index (χ2n) is 4.22. The van der Waals surface area contributed by atoms with E-state index in [1.54, 1.807) is 31.4 Å². The highest BCUT2D eigenvalue weighted by Crippen LogP contribution is 2.64. The number of methoxy groups -OCH3 is 1. The van der Waals surface area contributed by atoms with Gasteiger partial charge in [-0.15, -0.1) is 0 Å². The van der Waals surface area contributed by atoms with E-state index in [2.05, 4.69) is 0 Å². The van der Waals surface area contributed by atoms with Crippen molar-refractivity contribution >= 4 is 5.91 Å². The molecule has 1 aliphatic rings. The van der Waals surface area contributed by atoms with E-state index in [0.717, 1.165) is 5.56 Å². The van der Waals surface area contributed by atoms with E-state index in [9.17, 15) is 4.79 Å². The minimum atomic E-state index is -1.32. The maximum Gasteiger partial charge on any atom is 0.223 e. The number of nitriles is 2. The Morgan fingerprint density at radius 3 is 2.22 bits per heavy atom. The normalized spacial score (nSPS) is 23.5. The Morgan fingerprint density at radius 1 is 1.33 bits per heavy atom. The molecule has 0 saturated heterocycles. The van der Waals surface area contributed by atoms with Crippen molar-refractivity contribution in [3.8, 4) is 17.9 Å². The summed E-state index contributed by atoms with van der Waals surface area (Å²) in [6.45, 7) is 0. The molecular weight excluding hydrogens is 230 g/mol. The average Bonchev–Trinajstić information content (AvgIpc) is 3.08. The van der Waals surface area contributed by atoms with Gasteiger partial charge in [-0.3, -0.25) is 4.79 Å². The van der Waals surface area contributed by atoms with Crippen LogP contribution in [0.4, 0.5) is 0 Å². The first-order valence-corrected chi connectivity index (χ1v) is 5.36. The molecule has 2 N–H and O–H groups in total. The highest BCUT2D eigenvalue weighted by Gasteiger charge is 2.70. The van der Waals surface area contributed by atoms with Crippen molar-refractivity contribution in [3.63, 3.8) is 0 Å². The molecule has 0 aromatic heterocycles. The predicted molar refractivity (Wildman–Crippen MR) is 62.1 cm³/mol. The summed E-state index contributed by atoms with van der Waals surface area (Å²) in [5.74, 6) is -1.12. The van der Waals surface area contributed by atoms with Gasteiger partial charge in [0.2, 0.25) is 5.91 Å². The van der Waals surface area contributed by atoms with Crippen LogP contribution in [0.3, 0.4) is 0 Å². The first kappa shape index (κ1) is 11.9. The molecule has 1 saturated carbocycles. The Kier molecular flexibility index (Phi) is 2.68. The van der Waals surface area contributed by atoms with Gasteiger partial charge < -0.3 is 10.5 Å². The molecule has 0 unspecified atom stereocenters. The minimum absolute atomic E-state index is 0.448. The molecule has 18 heavy (non-hydrogen) atoms. The van der Waals surface area contributed by atoms with Crippen LogP contribution in [0.5, 0.6) is 5.75 Å². The number of rotatable bonds is 3. The molecule has 2 atom stereocenters. The summed E-state index contributed by atoms with van der Waals surface area (Å²) in [7, 11) is 1.55. The third kappa shape index (κ3) is 1.49. The molecule has 5 nitrogen and oxygen atoms in total. The zero-order valence-electron chi connectivity index (χ0n) is 9.75. The number of amides is 1. The van der Waals surface area contributed by atoms with Gasteiger partial charge in [0, 0.05) is 5.92 Å². The van der Waals surface area contributed by atoms with Crippen LogP contribution in [0.25, 0.3) is 0 Å². The number of ether oxygens (including phenoxy) is 1. The summed E-state index contributed by atoms with van der Waals surface area (Å²) in [5, 5.41) is 18.2. The molecular formula is C13H11N3O2. The Labute approximate surface area is 104 Å². The van der Waals surface area contributed by atoms with Gasteiger partial charge in [-0.05, 0) is 17.7 Å². The van der Waals surface area contributed by atoms with E-state index in [4.69, 9.17) is 21.0 Å². The van der Waals surface area contributed by atoms with Gasteiger partial charge in [-0.1, -0.05) is 12.1 Å². The van der Waals surface area contributed by atoms with Crippen LogP contribution in [-0.2, 0) is 4.79 Å². The number of nitrogens with zero attached hydrogens (tertiary/aromatic N) is 2. The fourth-order valence-corrected chi connectivity index (χ4v) is 2.35. The molecule has 0 bridgehead atoms. The standard InChI is InChI=1S/C13H11N3O2/c1-18-9-4-2-8(3-5-9)10-11(12(16)17)13(10,6-14)7-15/h2-5,10-11H,1H3,(H2,16,17)/t10-,11-/m0/s1. The van der Waals surface area contributed by atoms with Gasteiger partial charge in [0.05, 0.1) is 25.2 Å². The number of carbonyl (C=O) groups is 1. The zero-order valence-corrected chi connectivity index (χ0v) is 9.75. The van der Waals surface area contributed by atoms with Crippen LogP contribution in [0.1, 0.15) is 11.5 Å². The summed E-state index contributed by atoms with van der Waals surface area (Å²) in [4.78, 5) is 11.3. The van der Waals surface area contributed by atoms with E-state index >= 15 is 0 Å². The maximum absolute atomic E-state index is 11.3. The smallest absolute Gasteiger partial charge is 0.223 e. The number of benzene rings is 1. The molecule has 90 valence electrons. The van der Waals surface area contributed by atoms with Gasteiger partial charge in [-0.2, -0.15) is 10.5 Å². The monoisotopic (exact) mass is 241 g/mol. The summed E-state index contributed by atoms with van der Waals surface area (Å²) in [6.07, 6.45) is 0. The molecule has 1 aromatic carbocycles. The zero-order chi connectivity index (χ0) is 13.3. The average molecular weight is 241 g/mol. The Bertz CT molecular complexity index is 551. The summed E-state index contributed by atoms with van der Waals surface area (Å²) >= 11 is 0. The molecule has 1 fully saturated rings. The minimum Gasteiger partial charge on any atom is -0.497 e. The van der Waals surface area contributed by atoms with E-state index < -0.39 is 23.2 Å². The maximum atomic E-state index is 11.3. The molecule has 1 aromatic rings. The van der Waals surface area contributed by atoms with E-state index in [1.165, 1.54) is 0 Å². The van der Waals surface area contributed by atoms with Crippen molar-refractivity contribution in [2.45, 2.75) is 5.92 Å². The van der Waals surface area contributed by atoms with Gasteiger partial charge >= 0.3 is 0 Å². The van der Waals surface area contributed by atoms with Crippen molar-refractivity contribution < 1.29 is 9.53 Å². The Balaban J connectivity index is 2.37. The van der Waals surface area contributed by atoms with Crippen molar-refractivity contribution in [1.29, 1.82) is 10.5 Å². The highest BCUT2D eigenvalue weighted by atomic mass is 16.5. The fourth-order valence-electron chi connectivity index (χ4n) is 2.35. The number of hydrogen-bond acceptors (Lipinski definition) is 4. The second kappa shape index (κ2) is 4.05. The van der Waals surface area contributed by atoms with E-state index in [1.807, 2.05) is 12.1 Å². The van der Waals surface area contributed by atoms with Crippen molar-refractivity contribution in [1.82, 2.24) is 0 Å².